The minimum absolute atomic E-state index is 0.172. The van der Waals surface area contributed by atoms with Crippen LogP contribution in [0.2, 0.25) is 5.02 Å². The highest BCUT2D eigenvalue weighted by Gasteiger charge is 2.58. The Balaban J connectivity index is 1.96. The lowest BCUT2D eigenvalue weighted by atomic mass is 10.1. The zero-order valence-corrected chi connectivity index (χ0v) is 10.8. The molecule has 98 valence electrons. The Morgan fingerprint density at radius 1 is 1.42 bits per heavy atom. The number of halogens is 2. The Morgan fingerprint density at radius 2 is 2.21 bits per heavy atom. The largest absolute Gasteiger partial charge is 0.393 e. The van der Waals surface area contributed by atoms with E-state index in [4.69, 9.17) is 16.3 Å². The van der Waals surface area contributed by atoms with Crippen molar-refractivity contribution in [2.24, 2.45) is 0 Å². The lowest BCUT2D eigenvalue weighted by Gasteiger charge is -2.10. The van der Waals surface area contributed by atoms with Crippen molar-refractivity contribution < 1.29 is 14.2 Å². The maximum absolute atomic E-state index is 13.0. The van der Waals surface area contributed by atoms with E-state index in [1.807, 2.05) is 18.2 Å². The Bertz CT molecular complexity index is 599. The number of aliphatic hydroxyl groups is 1. The number of hydrogen-bond donors (Lipinski definition) is 1. The quantitative estimate of drug-likeness (QED) is 0.878. The van der Waals surface area contributed by atoms with Crippen molar-refractivity contribution in [3.63, 3.8) is 0 Å². The molecule has 0 aliphatic carbocycles. The molecule has 1 aliphatic heterocycles. The minimum Gasteiger partial charge on any atom is -0.393 e. The van der Waals surface area contributed by atoms with Gasteiger partial charge in [-0.15, -0.1) is 0 Å². The summed E-state index contributed by atoms with van der Waals surface area (Å²) in [5.41, 5.74) is 0.780. The van der Waals surface area contributed by atoms with Crippen molar-refractivity contribution >= 4 is 11.6 Å². The normalized spacial score (nSPS) is 25.3. The third-order valence-electron chi connectivity index (χ3n) is 3.45. The molecule has 0 saturated carbocycles. The van der Waals surface area contributed by atoms with Crippen LogP contribution in [0.25, 0.3) is 0 Å². The molecule has 19 heavy (non-hydrogen) atoms. The Labute approximate surface area is 115 Å². The van der Waals surface area contributed by atoms with Gasteiger partial charge in [0, 0.05) is 10.6 Å². The zero-order chi connectivity index (χ0) is 13.5. The van der Waals surface area contributed by atoms with E-state index in [0.29, 0.717) is 5.02 Å². The second-order valence-electron chi connectivity index (χ2n) is 4.57. The van der Waals surface area contributed by atoms with Gasteiger partial charge in [0.1, 0.15) is 17.5 Å². The second kappa shape index (κ2) is 4.60. The molecule has 2 nitrogen and oxygen atoms in total. The summed E-state index contributed by atoms with van der Waals surface area (Å²) in [7, 11) is 0. The Morgan fingerprint density at radius 3 is 2.84 bits per heavy atom. The van der Waals surface area contributed by atoms with Gasteiger partial charge in [-0.1, -0.05) is 41.9 Å². The molecule has 0 aromatic heterocycles. The van der Waals surface area contributed by atoms with Crippen LogP contribution in [0.5, 0.6) is 0 Å². The first-order chi connectivity index (χ1) is 9.17. The van der Waals surface area contributed by atoms with Gasteiger partial charge in [0.15, 0.2) is 0 Å². The van der Waals surface area contributed by atoms with Crippen LogP contribution in [0.1, 0.15) is 17.2 Å². The van der Waals surface area contributed by atoms with Crippen LogP contribution in [-0.4, -0.2) is 11.7 Å². The van der Waals surface area contributed by atoms with Crippen LogP contribution < -0.4 is 0 Å². The van der Waals surface area contributed by atoms with Gasteiger partial charge in [0.2, 0.25) is 0 Å². The van der Waals surface area contributed by atoms with E-state index >= 15 is 0 Å². The Kier molecular flexibility index (Phi) is 3.05. The summed E-state index contributed by atoms with van der Waals surface area (Å²) in [6.07, 6.45) is -0.295. The fourth-order valence-electron chi connectivity index (χ4n) is 2.34. The molecule has 0 amide bonds. The van der Waals surface area contributed by atoms with Gasteiger partial charge in [-0.2, -0.15) is 0 Å². The third kappa shape index (κ3) is 2.04. The van der Waals surface area contributed by atoms with Gasteiger partial charge in [-0.25, -0.2) is 4.39 Å². The highest BCUT2D eigenvalue weighted by molar-refractivity contribution is 6.31. The number of hydrogen-bond acceptors (Lipinski definition) is 2. The molecule has 1 saturated heterocycles. The molecular weight excluding hydrogens is 277 g/mol. The van der Waals surface area contributed by atoms with Crippen molar-refractivity contribution in [2.45, 2.75) is 11.7 Å². The minimum atomic E-state index is -0.807. The predicted molar refractivity (Wildman–Crippen MR) is 70.4 cm³/mol. The number of benzene rings is 2. The summed E-state index contributed by atoms with van der Waals surface area (Å²) in [4.78, 5) is 0. The highest BCUT2D eigenvalue weighted by atomic mass is 35.5. The first kappa shape index (κ1) is 12.6. The third-order valence-corrected chi connectivity index (χ3v) is 3.79. The fraction of sp³-hybridized carbons (Fsp3) is 0.200. The van der Waals surface area contributed by atoms with Crippen LogP contribution in [0.4, 0.5) is 4.39 Å². The van der Waals surface area contributed by atoms with Gasteiger partial charge < -0.3 is 9.84 Å². The molecule has 1 N–H and O–H groups in total. The highest BCUT2D eigenvalue weighted by Crippen LogP contribution is 2.57. The van der Waals surface area contributed by atoms with E-state index in [-0.39, 0.29) is 18.5 Å². The molecule has 1 fully saturated rings. The fourth-order valence-corrected chi connectivity index (χ4v) is 2.58. The topological polar surface area (TPSA) is 32.8 Å². The summed E-state index contributed by atoms with van der Waals surface area (Å²) in [5, 5.41) is 10.2. The van der Waals surface area contributed by atoms with Gasteiger partial charge in [-0.05, 0) is 23.8 Å². The number of epoxide rings is 1. The number of rotatable bonds is 3. The maximum Gasteiger partial charge on any atom is 0.147 e. The van der Waals surface area contributed by atoms with Crippen LogP contribution in [0.15, 0.2) is 48.5 Å². The average molecular weight is 289 g/mol. The van der Waals surface area contributed by atoms with Crippen molar-refractivity contribution in [1.29, 1.82) is 0 Å². The van der Waals surface area contributed by atoms with Crippen LogP contribution in [0, 0.1) is 5.82 Å². The van der Waals surface area contributed by atoms with Crippen molar-refractivity contribution in [3.8, 4) is 0 Å². The lowest BCUT2D eigenvalue weighted by molar-refractivity contribution is 0.172. The van der Waals surface area contributed by atoms with Gasteiger partial charge in [-0.3, -0.25) is 0 Å². The molecular formula is C15H12ClFO2. The van der Waals surface area contributed by atoms with Gasteiger partial charge >= 0.3 is 0 Å². The molecule has 0 bridgehead atoms. The SMILES string of the molecule is OC[C@]1([14c]2[14cH]c[14c](F)[14cH][14cH]2)O[C@@H]1c1ccccc1Cl. The van der Waals surface area contributed by atoms with Crippen molar-refractivity contribution in [1.82, 2.24) is 0 Å². The second-order valence-corrected chi connectivity index (χ2v) is 4.98. The first-order valence-corrected chi connectivity index (χ1v) is 6.34. The molecule has 0 spiro atoms. The van der Waals surface area contributed by atoms with Crippen molar-refractivity contribution in [3.05, 3.63) is 70.5 Å². The average Bonchev–Trinajstić information content (AvgIpc) is 3.16. The van der Waals surface area contributed by atoms with E-state index in [9.17, 15) is 9.50 Å². The van der Waals surface area contributed by atoms with E-state index in [1.165, 1.54) is 12.1 Å². The summed E-state index contributed by atoms with van der Waals surface area (Å²) in [5.74, 6) is -0.313. The van der Waals surface area contributed by atoms with E-state index in [1.54, 1.807) is 18.2 Å². The molecule has 0 radical (unpaired) electrons. The molecule has 3 rings (SSSR count). The molecule has 2 aromatic rings. The Hall–Kier alpha value is -1.42. The predicted octanol–water partition coefficient (Wildman–Crippen LogP) is 3.44. The summed E-state index contributed by atoms with van der Waals surface area (Å²) in [6, 6.07) is 13.3. The van der Waals surface area contributed by atoms with E-state index < -0.39 is 5.60 Å². The number of ether oxygens (including phenoxy) is 1. The summed E-state index contributed by atoms with van der Waals surface area (Å²) in [6.45, 7) is -0.172. The maximum atomic E-state index is 13.0. The monoisotopic (exact) mass is 288 g/mol. The summed E-state index contributed by atoms with van der Waals surface area (Å²) < 4.78 is 18.6. The molecule has 4 heteroatoms. The van der Waals surface area contributed by atoms with E-state index in [2.05, 4.69) is 0 Å². The van der Waals surface area contributed by atoms with Gasteiger partial charge in [0.05, 0.1) is 6.61 Å². The molecule has 0 unspecified atom stereocenters. The van der Waals surface area contributed by atoms with Crippen LogP contribution in [0.3, 0.4) is 0 Å². The molecule has 2 aromatic carbocycles. The van der Waals surface area contributed by atoms with E-state index in [0.717, 1.165) is 11.1 Å². The lowest BCUT2D eigenvalue weighted by Crippen LogP contribution is -2.15. The standard InChI is InChI=1S/C15H12ClFO2/c16-13-4-2-1-3-12(13)14-15(9-18,19-14)10-5-7-11(17)8-6-10/h1-8,14,18H,9H2/t14-,15-/m1/s1/i5+2,6+2,7+2,10+2,11+2. The summed E-state index contributed by atoms with van der Waals surface area (Å²) >= 11 is 6.13. The molecule has 1 aliphatic rings. The van der Waals surface area contributed by atoms with Crippen LogP contribution >= 0.6 is 11.6 Å². The number of aliphatic hydroxyl groups excluding tert-OH is 1. The van der Waals surface area contributed by atoms with Gasteiger partial charge in [0.25, 0.3) is 0 Å². The molecule has 2 atom stereocenters. The van der Waals surface area contributed by atoms with Crippen LogP contribution in [-0.2, 0) is 10.3 Å². The first-order valence-electron chi connectivity index (χ1n) is 5.96. The van der Waals surface area contributed by atoms with Crippen molar-refractivity contribution in [2.75, 3.05) is 6.61 Å². The zero-order valence-electron chi connectivity index (χ0n) is 10.0. The molecule has 1 heterocycles. The smallest absolute Gasteiger partial charge is 0.147 e.